The molecule has 1 aliphatic rings. The Morgan fingerprint density at radius 2 is 2.00 bits per heavy atom. The van der Waals surface area contributed by atoms with E-state index in [1.54, 1.807) is 22.8 Å². The summed E-state index contributed by atoms with van der Waals surface area (Å²) < 4.78 is 1.66. The number of carbonyl (C=O) groups excluding carboxylic acids is 1. The second-order valence-electron chi connectivity index (χ2n) is 7.96. The Hall–Kier alpha value is -1.53. The van der Waals surface area contributed by atoms with Crippen LogP contribution in [0.5, 0.6) is 0 Å². The number of nitrogens with one attached hydrogen (secondary N) is 1. The summed E-state index contributed by atoms with van der Waals surface area (Å²) in [6, 6.07) is 5.28. The average molecular weight is 422 g/mol. The van der Waals surface area contributed by atoms with Crippen molar-refractivity contribution < 1.29 is 4.79 Å². The van der Waals surface area contributed by atoms with E-state index in [0.717, 1.165) is 19.3 Å². The zero-order valence-corrected chi connectivity index (χ0v) is 18.4. The third-order valence-corrected chi connectivity index (χ3v) is 6.74. The summed E-state index contributed by atoms with van der Waals surface area (Å²) in [4.78, 5) is 30.4. The molecule has 5 nitrogen and oxygen atoms in total. The molecule has 1 aromatic carbocycles. The lowest BCUT2D eigenvalue weighted by atomic mass is 9.86. The second-order valence-corrected chi connectivity index (χ2v) is 9.71. The molecule has 3 atom stereocenters. The lowest BCUT2D eigenvalue weighted by Crippen LogP contribution is -2.44. The number of hydrogen-bond acceptors (Lipinski definition) is 4. The number of thioether (sulfide) groups is 1. The molecule has 28 heavy (non-hydrogen) atoms. The first kappa shape index (κ1) is 21.2. The fourth-order valence-electron chi connectivity index (χ4n) is 3.73. The monoisotopic (exact) mass is 421 g/mol. The molecule has 1 aliphatic carbocycles. The second kappa shape index (κ2) is 8.87. The average Bonchev–Trinajstić information content (AvgIpc) is 2.63. The van der Waals surface area contributed by atoms with Crippen LogP contribution in [0.4, 0.5) is 0 Å². The van der Waals surface area contributed by atoms with Crippen molar-refractivity contribution in [3.8, 4) is 0 Å². The van der Waals surface area contributed by atoms with Crippen LogP contribution in [0.3, 0.4) is 0 Å². The highest BCUT2D eigenvalue weighted by atomic mass is 35.5. The van der Waals surface area contributed by atoms with Gasteiger partial charge in [-0.05, 0) is 57.7 Å². The minimum atomic E-state index is -0.345. The zero-order chi connectivity index (χ0) is 20.4. The molecule has 0 radical (unpaired) electrons. The summed E-state index contributed by atoms with van der Waals surface area (Å²) in [7, 11) is 0. The number of nitrogens with zero attached hydrogens (tertiary/aromatic N) is 2. The molecule has 0 aliphatic heterocycles. The number of amides is 1. The van der Waals surface area contributed by atoms with Crippen LogP contribution < -0.4 is 10.9 Å². The molecule has 0 spiro atoms. The minimum absolute atomic E-state index is 0.000467. The highest BCUT2D eigenvalue weighted by Crippen LogP contribution is 2.28. The van der Waals surface area contributed by atoms with E-state index in [1.807, 2.05) is 20.8 Å². The number of aromatic nitrogens is 2. The van der Waals surface area contributed by atoms with E-state index in [1.165, 1.54) is 18.2 Å². The number of hydrogen-bond donors (Lipinski definition) is 1. The molecule has 2 aromatic rings. The highest BCUT2D eigenvalue weighted by Gasteiger charge is 2.26. The first-order valence-corrected chi connectivity index (χ1v) is 11.2. The van der Waals surface area contributed by atoms with Crippen LogP contribution in [0, 0.1) is 5.92 Å². The summed E-state index contributed by atoms with van der Waals surface area (Å²) in [6.45, 7) is 7.96. The molecule has 1 fully saturated rings. The van der Waals surface area contributed by atoms with E-state index in [2.05, 4.69) is 17.2 Å². The van der Waals surface area contributed by atoms with Crippen molar-refractivity contribution in [1.29, 1.82) is 0 Å². The molecule has 1 amide bonds. The summed E-state index contributed by atoms with van der Waals surface area (Å²) >= 11 is 7.41. The molecule has 0 saturated heterocycles. The van der Waals surface area contributed by atoms with Gasteiger partial charge in [0.2, 0.25) is 5.91 Å². The molecule has 1 heterocycles. The maximum Gasteiger partial charge on any atom is 0.262 e. The SMILES string of the molecule is CC(C)n1c(S[C@H](C)C(=O)N[C@@H]2CCCC[C@@H]2C)nc2cc(Cl)ccc2c1=O. The van der Waals surface area contributed by atoms with Gasteiger partial charge in [-0.25, -0.2) is 4.98 Å². The van der Waals surface area contributed by atoms with Gasteiger partial charge in [0, 0.05) is 17.1 Å². The van der Waals surface area contributed by atoms with E-state index >= 15 is 0 Å². The molecule has 1 N–H and O–H groups in total. The van der Waals surface area contributed by atoms with Crippen LogP contribution in [0.2, 0.25) is 5.02 Å². The van der Waals surface area contributed by atoms with Gasteiger partial charge in [-0.1, -0.05) is 43.1 Å². The molecule has 1 aromatic heterocycles. The van der Waals surface area contributed by atoms with Crippen molar-refractivity contribution in [2.75, 3.05) is 0 Å². The van der Waals surface area contributed by atoms with Gasteiger partial charge in [-0.15, -0.1) is 0 Å². The van der Waals surface area contributed by atoms with Crippen molar-refractivity contribution in [3.63, 3.8) is 0 Å². The Morgan fingerprint density at radius 3 is 2.68 bits per heavy atom. The molecule has 152 valence electrons. The standard InChI is InChI=1S/C21H28ClN3O2S/c1-12(2)25-20(27)16-10-9-15(22)11-18(16)24-21(25)28-14(4)19(26)23-17-8-6-5-7-13(17)3/h9-14,17H,5-8H2,1-4H3,(H,23,26)/t13-,14+,17+/m0/s1. The fourth-order valence-corrected chi connectivity index (χ4v) is 4.95. The number of rotatable bonds is 5. The predicted molar refractivity (Wildman–Crippen MR) is 116 cm³/mol. The van der Waals surface area contributed by atoms with Crippen molar-refractivity contribution in [2.45, 2.75) is 75.9 Å². The van der Waals surface area contributed by atoms with Gasteiger partial charge in [0.1, 0.15) is 0 Å². The largest absolute Gasteiger partial charge is 0.352 e. The van der Waals surface area contributed by atoms with Gasteiger partial charge in [0.05, 0.1) is 16.2 Å². The summed E-state index contributed by atoms with van der Waals surface area (Å²) in [6.07, 6.45) is 4.60. The Labute approximate surface area is 175 Å². The summed E-state index contributed by atoms with van der Waals surface area (Å²) in [5.41, 5.74) is 0.457. The molecule has 3 rings (SSSR count). The van der Waals surface area contributed by atoms with Gasteiger partial charge in [0.25, 0.3) is 5.56 Å². The first-order valence-electron chi connectivity index (χ1n) is 9.96. The van der Waals surface area contributed by atoms with E-state index in [4.69, 9.17) is 11.6 Å². The molecule has 1 saturated carbocycles. The molecular weight excluding hydrogens is 394 g/mol. The van der Waals surface area contributed by atoms with Crippen LogP contribution in [-0.2, 0) is 4.79 Å². The number of halogens is 1. The quantitative estimate of drug-likeness (QED) is 0.556. The van der Waals surface area contributed by atoms with Crippen molar-refractivity contribution in [1.82, 2.24) is 14.9 Å². The number of benzene rings is 1. The molecule has 0 unspecified atom stereocenters. The third-order valence-electron chi connectivity index (χ3n) is 5.44. The smallest absolute Gasteiger partial charge is 0.262 e. The lowest BCUT2D eigenvalue weighted by molar-refractivity contribution is -0.121. The highest BCUT2D eigenvalue weighted by molar-refractivity contribution is 8.00. The Bertz CT molecular complexity index is 928. The third kappa shape index (κ3) is 4.54. The van der Waals surface area contributed by atoms with Crippen LogP contribution >= 0.6 is 23.4 Å². The van der Waals surface area contributed by atoms with Crippen LogP contribution in [-0.4, -0.2) is 26.8 Å². The molecular formula is C21H28ClN3O2S. The number of fused-ring (bicyclic) bond motifs is 1. The lowest BCUT2D eigenvalue weighted by Gasteiger charge is -2.30. The number of carbonyl (C=O) groups is 1. The van der Waals surface area contributed by atoms with Gasteiger partial charge >= 0.3 is 0 Å². The van der Waals surface area contributed by atoms with E-state index in [9.17, 15) is 9.59 Å². The van der Waals surface area contributed by atoms with E-state index in [0.29, 0.717) is 27.0 Å². The summed E-state index contributed by atoms with van der Waals surface area (Å²) in [5, 5.41) is 4.48. The topological polar surface area (TPSA) is 64.0 Å². The first-order chi connectivity index (χ1) is 13.3. The fraction of sp³-hybridized carbons (Fsp3) is 0.571. The molecule has 0 bridgehead atoms. The van der Waals surface area contributed by atoms with Gasteiger partial charge in [0.15, 0.2) is 5.16 Å². The Morgan fingerprint density at radius 1 is 1.29 bits per heavy atom. The van der Waals surface area contributed by atoms with Crippen LogP contribution in [0.15, 0.2) is 28.2 Å². The van der Waals surface area contributed by atoms with Crippen LogP contribution in [0.25, 0.3) is 10.9 Å². The van der Waals surface area contributed by atoms with E-state index in [-0.39, 0.29) is 28.8 Å². The van der Waals surface area contributed by atoms with Gasteiger partial charge in [-0.3, -0.25) is 14.2 Å². The summed E-state index contributed by atoms with van der Waals surface area (Å²) in [5.74, 6) is 0.504. The van der Waals surface area contributed by atoms with Crippen molar-refractivity contribution >= 4 is 40.2 Å². The van der Waals surface area contributed by atoms with E-state index < -0.39 is 0 Å². The Kier molecular flexibility index (Phi) is 6.71. The van der Waals surface area contributed by atoms with Crippen LogP contribution in [0.1, 0.15) is 59.4 Å². The maximum absolute atomic E-state index is 13.0. The maximum atomic E-state index is 13.0. The molecule has 7 heteroatoms. The minimum Gasteiger partial charge on any atom is -0.352 e. The van der Waals surface area contributed by atoms with Crippen molar-refractivity contribution in [3.05, 3.63) is 33.6 Å². The van der Waals surface area contributed by atoms with Gasteiger partial charge < -0.3 is 5.32 Å². The van der Waals surface area contributed by atoms with Crippen molar-refractivity contribution in [2.24, 2.45) is 5.92 Å². The van der Waals surface area contributed by atoms with Gasteiger partial charge in [-0.2, -0.15) is 0 Å². The predicted octanol–water partition coefficient (Wildman–Crippen LogP) is 4.81. The zero-order valence-electron chi connectivity index (χ0n) is 16.9. The normalized spacial score (nSPS) is 21.1. The Balaban J connectivity index is 1.86.